The molecule has 150 valence electrons. The van der Waals surface area contributed by atoms with Crippen molar-refractivity contribution >= 4 is 34.2 Å². The minimum absolute atomic E-state index is 0.195. The Morgan fingerprint density at radius 1 is 1.28 bits per heavy atom. The number of aromatic amines is 1. The van der Waals surface area contributed by atoms with Crippen LogP contribution in [0.2, 0.25) is 0 Å². The van der Waals surface area contributed by atoms with E-state index in [2.05, 4.69) is 15.4 Å². The molecule has 0 unspecified atom stereocenters. The number of methoxy groups -OCH3 is 1. The predicted octanol–water partition coefficient (Wildman–Crippen LogP) is 0.630. The van der Waals surface area contributed by atoms with Crippen molar-refractivity contribution in [2.45, 2.75) is 18.3 Å². The number of benzene rings is 1. The summed E-state index contributed by atoms with van der Waals surface area (Å²) in [5.41, 5.74) is 11.7. The summed E-state index contributed by atoms with van der Waals surface area (Å²) in [7, 11) is 2.99. The summed E-state index contributed by atoms with van der Waals surface area (Å²) in [5, 5.41) is 6.33. The summed E-state index contributed by atoms with van der Waals surface area (Å²) in [6.07, 6.45) is 1.19. The summed E-state index contributed by atoms with van der Waals surface area (Å²) in [6, 6.07) is 6.52. The van der Waals surface area contributed by atoms with Crippen LogP contribution in [0.25, 0.3) is 11.0 Å². The van der Waals surface area contributed by atoms with Gasteiger partial charge in [0.2, 0.25) is 5.91 Å². The highest BCUT2D eigenvalue weighted by Gasteiger charge is 2.51. The van der Waals surface area contributed by atoms with Gasteiger partial charge in [-0.05, 0) is 31.0 Å². The molecule has 0 radical (unpaired) electrons. The number of amides is 2. The van der Waals surface area contributed by atoms with Crippen LogP contribution in [0.15, 0.2) is 29.1 Å². The molecule has 0 bridgehead atoms. The third-order valence-corrected chi connectivity index (χ3v) is 5.28. The zero-order valence-electron chi connectivity index (χ0n) is 15.9. The van der Waals surface area contributed by atoms with E-state index in [1.165, 1.54) is 11.8 Å². The van der Waals surface area contributed by atoms with Gasteiger partial charge < -0.3 is 21.5 Å². The normalized spacial score (nSPS) is 14.6. The fraction of sp³-hybridized carbons (Fsp3) is 0.263. The lowest BCUT2D eigenvalue weighted by atomic mass is 10.00. The lowest BCUT2D eigenvalue weighted by Crippen LogP contribution is -2.29. The highest BCUT2D eigenvalue weighted by Crippen LogP contribution is 2.48. The quantitative estimate of drug-likeness (QED) is 0.478. The third-order valence-electron chi connectivity index (χ3n) is 5.28. The summed E-state index contributed by atoms with van der Waals surface area (Å²) in [4.78, 5) is 40.8. The SMILES string of the molecule is COc1c(Nc2cc(C3(C(N)=O)CC3)nc3[nH]n(C)c(=O)c23)cccc1C(N)=O. The zero-order valence-corrected chi connectivity index (χ0v) is 15.9. The first-order chi connectivity index (χ1) is 13.8. The number of hydrogen-bond acceptors (Lipinski definition) is 6. The minimum atomic E-state index is -0.837. The molecule has 1 aromatic carbocycles. The van der Waals surface area contributed by atoms with Gasteiger partial charge >= 0.3 is 0 Å². The molecule has 1 saturated carbocycles. The Morgan fingerprint density at radius 2 is 2.00 bits per heavy atom. The molecule has 1 aliphatic rings. The molecule has 6 N–H and O–H groups in total. The van der Waals surface area contributed by atoms with E-state index in [1.807, 2.05) is 0 Å². The van der Waals surface area contributed by atoms with Gasteiger partial charge in [0.05, 0.1) is 35.2 Å². The average molecular weight is 396 g/mol. The van der Waals surface area contributed by atoms with Crippen LogP contribution in [0, 0.1) is 0 Å². The Morgan fingerprint density at radius 3 is 2.59 bits per heavy atom. The number of aryl methyl sites for hydroxylation is 1. The molecule has 2 heterocycles. The Balaban J connectivity index is 1.92. The molecule has 4 rings (SSSR count). The maximum absolute atomic E-state index is 12.6. The van der Waals surface area contributed by atoms with Crippen molar-refractivity contribution in [1.29, 1.82) is 0 Å². The molecule has 10 nitrogen and oxygen atoms in total. The lowest BCUT2D eigenvalue weighted by Gasteiger charge is -2.16. The van der Waals surface area contributed by atoms with Crippen molar-refractivity contribution in [3.8, 4) is 5.75 Å². The van der Waals surface area contributed by atoms with Crippen LogP contribution in [0.1, 0.15) is 28.9 Å². The van der Waals surface area contributed by atoms with Gasteiger partial charge in [0.1, 0.15) is 5.39 Å². The molecular weight excluding hydrogens is 376 g/mol. The van der Waals surface area contributed by atoms with Crippen LogP contribution in [0.4, 0.5) is 11.4 Å². The van der Waals surface area contributed by atoms with Gasteiger partial charge in [-0.2, -0.15) is 0 Å². The zero-order chi connectivity index (χ0) is 20.9. The van der Waals surface area contributed by atoms with Crippen LogP contribution in [0.3, 0.4) is 0 Å². The number of anilines is 2. The van der Waals surface area contributed by atoms with E-state index >= 15 is 0 Å². The van der Waals surface area contributed by atoms with E-state index in [9.17, 15) is 14.4 Å². The highest BCUT2D eigenvalue weighted by molar-refractivity contribution is 5.99. The number of primary amides is 2. The van der Waals surface area contributed by atoms with Crippen LogP contribution in [-0.2, 0) is 17.3 Å². The Hall–Kier alpha value is -3.82. The first-order valence-electron chi connectivity index (χ1n) is 8.92. The summed E-state index contributed by atoms with van der Waals surface area (Å²) in [6.45, 7) is 0. The Kier molecular flexibility index (Phi) is 4.07. The van der Waals surface area contributed by atoms with Gasteiger partial charge in [0, 0.05) is 7.05 Å². The molecule has 29 heavy (non-hydrogen) atoms. The molecule has 0 saturated heterocycles. The number of fused-ring (bicyclic) bond motifs is 1. The first kappa shape index (κ1) is 18.5. The number of carbonyl (C=O) groups excluding carboxylic acids is 2. The number of para-hydroxylation sites is 1. The number of carbonyl (C=O) groups is 2. The van der Waals surface area contributed by atoms with Crippen molar-refractivity contribution in [3.05, 3.63) is 45.9 Å². The second kappa shape index (κ2) is 6.36. The largest absolute Gasteiger partial charge is 0.494 e. The number of nitrogens with one attached hydrogen (secondary N) is 2. The highest BCUT2D eigenvalue weighted by atomic mass is 16.5. The third kappa shape index (κ3) is 2.80. The molecule has 1 aliphatic carbocycles. The van der Waals surface area contributed by atoms with Crippen LogP contribution < -0.4 is 27.1 Å². The fourth-order valence-electron chi connectivity index (χ4n) is 3.51. The van der Waals surface area contributed by atoms with E-state index in [1.54, 1.807) is 31.3 Å². The number of nitrogens with two attached hydrogens (primary N) is 2. The van der Waals surface area contributed by atoms with Crippen LogP contribution >= 0.6 is 0 Å². The van der Waals surface area contributed by atoms with Crippen molar-refractivity contribution < 1.29 is 14.3 Å². The molecule has 0 atom stereocenters. The van der Waals surface area contributed by atoms with Crippen LogP contribution in [-0.4, -0.2) is 33.7 Å². The number of aromatic nitrogens is 3. The molecular formula is C19H20N6O4. The van der Waals surface area contributed by atoms with E-state index in [4.69, 9.17) is 16.2 Å². The van der Waals surface area contributed by atoms with E-state index < -0.39 is 17.2 Å². The minimum Gasteiger partial charge on any atom is -0.494 e. The predicted molar refractivity (Wildman–Crippen MR) is 106 cm³/mol. The van der Waals surface area contributed by atoms with Gasteiger partial charge in [-0.3, -0.25) is 24.2 Å². The molecule has 10 heteroatoms. The summed E-state index contributed by atoms with van der Waals surface area (Å²) in [5.74, 6) is -0.855. The van der Waals surface area contributed by atoms with Gasteiger partial charge in [-0.1, -0.05) is 6.07 Å². The summed E-state index contributed by atoms with van der Waals surface area (Å²) < 4.78 is 6.66. The Labute approximate surface area is 164 Å². The topological polar surface area (TPSA) is 158 Å². The maximum Gasteiger partial charge on any atom is 0.277 e. The van der Waals surface area contributed by atoms with Crippen molar-refractivity contribution in [2.75, 3.05) is 12.4 Å². The molecule has 3 aromatic rings. The number of nitrogens with zero attached hydrogens (tertiary/aromatic N) is 2. The second-order valence-electron chi connectivity index (χ2n) is 7.08. The van der Waals surface area contributed by atoms with E-state index in [0.717, 1.165) is 0 Å². The average Bonchev–Trinajstić information content (AvgIpc) is 3.44. The smallest absolute Gasteiger partial charge is 0.277 e. The van der Waals surface area contributed by atoms with Gasteiger partial charge in [-0.15, -0.1) is 0 Å². The Bertz CT molecular complexity index is 1220. The maximum atomic E-state index is 12.6. The molecule has 0 spiro atoms. The number of hydrogen-bond donors (Lipinski definition) is 4. The van der Waals surface area contributed by atoms with Crippen LogP contribution in [0.5, 0.6) is 5.75 Å². The standard InChI is InChI=1S/C19H20N6O4/c1-25-17(27)13-11(22-10-5-3-4-9(15(20)26)14(10)29-2)8-12(23-16(13)24-25)19(6-7-19)18(21)28/h3-5,8H,6-7H2,1-2H3,(H2,20,26)(H2,21,28)(H2,22,23,24). The first-order valence-corrected chi connectivity index (χ1v) is 8.92. The summed E-state index contributed by atoms with van der Waals surface area (Å²) >= 11 is 0. The van der Waals surface area contributed by atoms with Gasteiger partial charge in [0.15, 0.2) is 11.4 Å². The molecule has 2 aromatic heterocycles. The second-order valence-corrected chi connectivity index (χ2v) is 7.08. The lowest BCUT2D eigenvalue weighted by molar-refractivity contribution is -0.120. The molecule has 1 fully saturated rings. The number of pyridine rings is 1. The number of ether oxygens (including phenoxy) is 1. The van der Waals surface area contributed by atoms with Gasteiger partial charge in [0.25, 0.3) is 11.5 Å². The molecule has 0 aliphatic heterocycles. The fourth-order valence-corrected chi connectivity index (χ4v) is 3.51. The van der Waals surface area contributed by atoms with Crippen molar-refractivity contribution in [3.63, 3.8) is 0 Å². The van der Waals surface area contributed by atoms with Crippen molar-refractivity contribution in [2.24, 2.45) is 18.5 Å². The molecule has 2 amide bonds. The van der Waals surface area contributed by atoms with Crippen molar-refractivity contribution in [1.82, 2.24) is 14.8 Å². The van der Waals surface area contributed by atoms with E-state index in [-0.39, 0.29) is 16.9 Å². The van der Waals surface area contributed by atoms with Gasteiger partial charge in [-0.25, -0.2) is 4.98 Å². The van der Waals surface area contributed by atoms with E-state index in [0.29, 0.717) is 40.9 Å². The number of H-pyrrole nitrogens is 1. The monoisotopic (exact) mass is 396 g/mol. The number of rotatable bonds is 6.